The SMILES string of the molecule is CCCCCCCCC/C=C/[C@@H](O)[C@H](COP(=O)(O)OCC[N+](C)(C)C)NC(=O)CCCCCCCCCCCCCCCCCCCCCCC. The first-order valence-electron chi connectivity index (χ1n) is 22.1. The second kappa shape index (κ2) is 35.9. The summed E-state index contributed by atoms with van der Waals surface area (Å²) in [6, 6.07) is -0.838. The van der Waals surface area contributed by atoms with Crippen molar-refractivity contribution in [3.8, 4) is 0 Å². The van der Waals surface area contributed by atoms with Gasteiger partial charge in [0, 0.05) is 6.42 Å². The fourth-order valence-electron chi connectivity index (χ4n) is 6.45. The Morgan fingerprint density at radius 3 is 1.42 bits per heavy atom. The van der Waals surface area contributed by atoms with Crippen LogP contribution in [0.1, 0.15) is 206 Å². The number of quaternary nitrogens is 1. The van der Waals surface area contributed by atoms with E-state index in [1.54, 1.807) is 6.08 Å². The molecule has 3 N–H and O–H groups in total. The van der Waals surface area contributed by atoms with Gasteiger partial charge in [-0.3, -0.25) is 13.8 Å². The molecule has 0 radical (unpaired) electrons. The Balaban J connectivity index is 4.21. The topological polar surface area (TPSA) is 105 Å². The summed E-state index contributed by atoms with van der Waals surface area (Å²) >= 11 is 0. The van der Waals surface area contributed by atoms with Gasteiger partial charge in [0.25, 0.3) is 0 Å². The number of aliphatic hydroxyl groups excluding tert-OH is 1. The van der Waals surface area contributed by atoms with Gasteiger partial charge in [0.05, 0.1) is 39.9 Å². The van der Waals surface area contributed by atoms with Crippen LogP contribution in [-0.2, 0) is 18.4 Å². The van der Waals surface area contributed by atoms with Gasteiger partial charge in [-0.2, -0.15) is 0 Å². The van der Waals surface area contributed by atoms with E-state index >= 15 is 0 Å². The molecule has 1 amide bonds. The number of nitrogens with zero attached hydrogens (tertiary/aromatic N) is 1. The van der Waals surface area contributed by atoms with Crippen LogP contribution >= 0.6 is 7.82 Å². The number of hydrogen-bond donors (Lipinski definition) is 3. The smallest absolute Gasteiger partial charge is 0.387 e. The number of carbonyl (C=O) groups is 1. The zero-order valence-electron chi connectivity index (χ0n) is 35.1. The Morgan fingerprint density at radius 2 is 1.02 bits per heavy atom. The van der Waals surface area contributed by atoms with E-state index in [0.29, 0.717) is 17.4 Å². The predicted molar refractivity (Wildman–Crippen MR) is 222 cm³/mol. The number of nitrogens with one attached hydrogen (secondary N) is 1. The van der Waals surface area contributed by atoms with Gasteiger partial charge in [-0.25, -0.2) is 4.57 Å². The second-order valence-electron chi connectivity index (χ2n) is 16.4. The lowest BCUT2D eigenvalue weighted by atomic mass is 10.0. The zero-order chi connectivity index (χ0) is 38.6. The van der Waals surface area contributed by atoms with Crippen LogP contribution in [0, 0.1) is 0 Å². The van der Waals surface area contributed by atoms with E-state index in [1.165, 1.54) is 148 Å². The summed E-state index contributed by atoms with van der Waals surface area (Å²) in [6.45, 7) is 4.79. The average molecular weight is 760 g/mol. The van der Waals surface area contributed by atoms with Crippen LogP contribution in [0.5, 0.6) is 0 Å². The van der Waals surface area contributed by atoms with Gasteiger partial charge in [0.15, 0.2) is 0 Å². The van der Waals surface area contributed by atoms with Crippen LogP contribution in [0.2, 0.25) is 0 Å². The maximum atomic E-state index is 12.8. The molecular weight excluding hydrogens is 671 g/mol. The first kappa shape index (κ1) is 51.2. The van der Waals surface area contributed by atoms with Gasteiger partial charge in [-0.15, -0.1) is 0 Å². The van der Waals surface area contributed by atoms with Crippen molar-refractivity contribution in [2.24, 2.45) is 0 Å². The van der Waals surface area contributed by atoms with E-state index in [2.05, 4.69) is 19.2 Å². The molecule has 310 valence electrons. The minimum atomic E-state index is -4.32. The molecule has 9 heteroatoms. The Morgan fingerprint density at radius 1 is 0.635 bits per heavy atom. The maximum absolute atomic E-state index is 12.8. The molecule has 0 aromatic rings. The lowest BCUT2D eigenvalue weighted by Gasteiger charge is -2.25. The van der Waals surface area contributed by atoms with Gasteiger partial charge in [-0.05, 0) is 19.3 Å². The number of allylic oxidation sites excluding steroid dienone is 1. The number of phosphoric ester groups is 1. The molecule has 0 aromatic carbocycles. The third-order valence-electron chi connectivity index (χ3n) is 10.0. The summed E-state index contributed by atoms with van der Waals surface area (Å²) < 4.78 is 23.5. The molecule has 0 aliphatic heterocycles. The number of likely N-dealkylation sites (N-methyl/N-ethyl adjacent to an activating group) is 1. The Bertz CT molecular complexity index is 865. The van der Waals surface area contributed by atoms with Gasteiger partial charge in [-0.1, -0.05) is 193 Å². The minimum absolute atomic E-state index is 0.0642. The predicted octanol–water partition coefficient (Wildman–Crippen LogP) is 12.0. The molecule has 0 heterocycles. The van der Waals surface area contributed by atoms with Gasteiger partial charge < -0.3 is 19.8 Å². The molecule has 52 heavy (non-hydrogen) atoms. The molecule has 3 atom stereocenters. The van der Waals surface area contributed by atoms with Crippen molar-refractivity contribution in [3.63, 3.8) is 0 Å². The molecule has 8 nitrogen and oxygen atoms in total. The molecule has 1 unspecified atom stereocenters. The standard InChI is InChI=1S/C43H87N2O6P/c1-6-8-10-12-14-16-17-18-19-20-21-22-23-24-25-26-27-29-31-33-35-37-43(47)44-41(40-51-52(48,49)50-39-38-45(3,4)5)42(46)36-34-32-30-28-15-13-11-9-7-2/h34,36,41-42,46H,6-33,35,37-40H2,1-5H3,(H-,44,47,48,49)/p+1/b36-34+/t41-,42+/m0/s1. The Labute approximate surface area is 322 Å². The quantitative estimate of drug-likeness (QED) is 0.0249. The Hall–Kier alpha value is -0.760. The highest BCUT2D eigenvalue weighted by atomic mass is 31.2. The van der Waals surface area contributed by atoms with Gasteiger partial charge >= 0.3 is 7.82 Å². The van der Waals surface area contributed by atoms with E-state index < -0.39 is 20.0 Å². The van der Waals surface area contributed by atoms with E-state index in [-0.39, 0.29) is 19.1 Å². The molecule has 0 spiro atoms. The molecule has 0 bridgehead atoms. The lowest BCUT2D eigenvalue weighted by molar-refractivity contribution is -0.870. The van der Waals surface area contributed by atoms with Crippen molar-refractivity contribution in [2.45, 2.75) is 219 Å². The molecule has 0 rings (SSSR count). The van der Waals surface area contributed by atoms with E-state index in [9.17, 15) is 19.4 Å². The van der Waals surface area contributed by atoms with Crippen LogP contribution in [0.4, 0.5) is 0 Å². The van der Waals surface area contributed by atoms with Crippen molar-refractivity contribution in [2.75, 3.05) is 40.9 Å². The number of rotatable bonds is 40. The zero-order valence-corrected chi connectivity index (χ0v) is 36.0. The van der Waals surface area contributed by atoms with Crippen LogP contribution in [0.25, 0.3) is 0 Å². The number of phosphoric acid groups is 1. The third kappa shape index (κ3) is 37.6. The van der Waals surface area contributed by atoms with E-state index in [4.69, 9.17) is 9.05 Å². The third-order valence-corrected chi connectivity index (χ3v) is 11.0. The normalized spacial score (nSPS) is 14.5. The second-order valence-corrected chi connectivity index (χ2v) is 17.9. The largest absolute Gasteiger partial charge is 0.472 e. The highest BCUT2D eigenvalue weighted by Crippen LogP contribution is 2.43. The molecule has 0 fully saturated rings. The highest BCUT2D eigenvalue weighted by molar-refractivity contribution is 7.47. The monoisotopic (exact) mass is 760 g/mol. The maximum Gasteiger partial charge on any atom is 0.472 e. The van der Waals surface area contributed by atoms with Crippen molar-refractivity contribution in [1.82, 2.24) is 5.32 Å². The van der Waals surface area contributed by atoms with E-state index in [1.807, 2.05) is 27.2 Å². The molecule has 0 saturated carbocycles. The van der Waals surface area contributed by atoms with Crippen LogP contribution < -0.4 is 5.32 Å². The summed E-state index contributed by atoms with van der Waals surface area (Å²) in [7, 11) is 1.58. The molecular formula is C43H88N2O6P+. The van der Waals surface area contributed by atoms with Crippen LogP contribution in [0.3, 0.4) is 0 Å². The summed E-state index contributed by atoms with van der Waals surface area (Å²) in [5, 5.41) is 13.7. The van der Waals surface area contributed by atoms with Crippen LogP contribution in [0.15, 0.2) is 12.2 Å². The number of amides is 1. The number of hydrogen-bond acceptors (Lipinski definition) is 5. The number of carbonyl (C=O) groups excluding carboxylic acids is 1. The summed E-state index contributed by atoms with van der Waals surface area (Å²) in [5.74, 6) is -0.176. The summed E-state index contributed by atoms with van der Waals surface area (Å²) in [5.41, 5.74) is 0. The number of aliphatic hydroxyl groups is 1. The molecule has 0 aliphatic rings. The molecule has 0 aliphatic carbocycles. The first-order valence-corrected chi connectivity index (χ1v) is 23.6. The summed E-state index contributed by atoms with van der Waals surface area (Å²) in [4.78, 5) is 23.0. The average Bonchev–Trinajstić information content (AvgIpc) is 3.09. The molecule has 0 saturated heterocycles. The van der Waals surface area contributed by atoms with Crippen molar-refractivity contribution >= 4 is 13.7 Å². The minimum Gasteiger partial charge on any atom is -0.387 e. The van der Waals surface area contributed by atoms with Crippen molar-refractivity contribution < 1.29 is 32.9 Å². The number of unbranched alkanes of at least 4 members (excludes halogenated alkanes) is 27. The fraction of sp³-hybridized carbons (Fsp3) is 0.930. The first-order chi connectivity index (χ1) is 25.0. The Kier molecular flexibility index (Phi) is 35.4. The van der Waals surface area contributed by atoms with E-state index in [0.717, 1.165) is 38.5 Å². The van der Waals surface area contributed by atoms with Crippen molar-refractivity contribution in [1.29, 1.82) is 0 Å². The fourth-order valence-corrected chi connectivity index (χ4v) is 7.19. The van der Waals surface area contributed by atoms with Gasteiger partial charge in [0.2, 0.25) is 5.91 Å². The highest BCUT2D eigenvalue weighted by Gasteiger charge is 2.27. The van der Waals surface area contributed by atoms with Crippen molar-refractivity contribution in [3.05, 3.63) is 12.2 Å². The molecule has 0 aromatic heterocycles. The van der Waals surface area contributed by atoms with Crippen LogP contribution in [-0.4, -0.2) is 73.4 Å². The summed E-state index contributed by atoms with van der Waals surface area (Å²) in [6.07, 6.45) is 40.0. The lowest BCUT2D eigenvalue weighted by Crippen LogP contribution is -2.45. The van der Waals surface area contributed by atoms with Gasteiger partial charge in [0.1, 0.15) is 13.2 Å².